The molecule has 1 aromatic rings. The van der Waals surface area contributed by atoms with Gasteiger partial charge in [0.2, 0.25) is 5.91 Å². The fourth-order valence-electron chi connectivity index (χ4n) is 4.58. The molecule has 9 heteroatoms. The summed E-state index contributed by atoms with van der Waals surface area (Å²) in [6, 6.07) is 9.28. The quantitative estimate of drug-likeness (QED) is 0.571. The maximum atomic E-state index is 13.2. The van der Waals surface area contributed by atoms with Gasteiger partial charge in [-0.15, -0.1) is 0 Å². The number of likely N-dealkylation sites (tertiary alicyclic amines) is 1. The summed E-state index contributed by atoms with van der Waals surface area (Å²) in [7, 11) is 1.36. The molecule has 0 aliphatic carbocycles. The molecule has 0 N–H and O–H groups in total. The number of aliphatic imine (C=N–C) groups is 1. The van der Waals surface area contributed by atoms with Crippen LogP contribution in [0.1, 0.15) is 44.7 Å². The lowest BCUT2D eigenvalue weighted by atomic mass is 9.93. The number of carbonyl (C=O) groups is 3. The number of benzene rings is 1. The maximum absolute atomic E-state index is 13.2. The van der Waals surface area contributed by atoms with Crippen molar-refractivity contribution in [2.45, 2.75) is 39.2 Å². The number of esters is 2. The highest BCUT2D eigenvalue weighted by Crippen LogP contribution is 2.44. The number of amides is 1. The second-order valence-corrected chi connectivity index (χ2v) is 9.22. The summed E-state index contributed by atoms with van der Waals surface area (Å²) in [5, 5.41) is 2.67. The van der Waals surface area contributed by atoms with E-state index in [1.807, 2.05) is 47.6 Å². The zero-order chi connectivity index (χ0) is 24.2. The Hall–Kier alpha value is -3.07. The molecule has 0 spiro atoms. The summed E-state index contributed by atoms with van der Waals surface area (Å²) in [5.41, 5.74) is 2.80. The molecule has 3 aliphatic heterocycles. The molecular formula is C25H29N3O5S. The van der Waals surface area contributed by atoms with Crippen LogP contribution in [0.4, 0.5) is 0 Å². The molecule has 1 amide bonds. The summed E-state index contributed by atoms with van der Waals surface area (Å²) in [5.74, 6) is -0.767. The Balaban J connectivity index is 1.52. The summed E-state index contributed by atoms with van der Waals surface area (Å²) in [6.45, 7) is 5.03. The van der Waals surface area contributed by atoms with Crippen molar-refractivity contribution in [3.05, 3.63) is 58.3 Å². The Morgan fingerprint density at radius 1 is 1.15 bits per heavy atom. The largest absolute Gasteiger partial charge is 0.466 e. The van der Waals surface area contributed by atoms with Crippen LogP contribution in [0.2, 0.25) is 0 Å². The van der Waals surface area contributed by atoms with Crippen molar-refractivity contribution in [1.29, 1.82) is 0 Å². The highest BCUT2D eigenvalue weighted by atomic mass is 32.2. The number of methoxy groups -OCH3 is 1. The summed E-state index contributed by atoms with van der Waals surface area (Å²) >= 11 is 1.45. The fraction of sp³-hybridized carbons (Fsp3) is 0.440. The van der Waals surface area contributed by atoms with Crippen LogP contribution in [0.15, 0.2) is 57.7 Å². The second kappa shape index (κ2) is 10.5. The minimum absolute atomic E-state index is 0.00638. The van der Waals surface area contributed by atoms with Gasteiger partial charge in [-0.1, -0.05) is 42.1 Å². The van der Waals surface area contributed by atoms with E-state index in [1.54, 1.807) is 11.8 Å². The molecule has 1 saturated heterocycles. The molecule has 34 heavy (non-hydrogen) atoms. The molecule has 3 heterocycles. The van der Waals surface area contributed by atoms with Crippen molar-refractivity contribution in [2.24, 2.45) is 10.9 Å². The predicted octanol–water partition coefficient (Wildman–Crippen LogP) is 3.63. The molecule has 3 aliphatic rings. The third-order valence-electron chi connectivity index (χ3n) is 6.32. The normalized spacial score (nSPS) is 20.5. The van der Waals surface area contributed by atoms with Gasteiger partial charge < -0.3 is 19.3 Å². The Morgan fingerprint density at radius 2 is 1.85 bits per heavy atom. The molecule has 0 radical (unpaired) electrons. The van der Waals surface area contributed by atoms with Crippen LogP contribution in [0, 0.1) is 5.92 Å². The van der Waals surface area contributed by atoms with Crippen LogP contribution in [0.25, 0.3) is 0 Å². The molecule has 1 unspecified atom stereocenters. The van der Waals surface area contributed by atoms with Gasteiger partial charge in [0.05, 0.1) is 43.4 Å². The smallest absolute Gasteiger partial charge is 0.338 e. The Morgan fingerprint density at radius 3 is 2.50 bits per heavy atom. The zero-order valence-corrected chi connectivity index (χ0v) is 20.5. The van der Waals surface area contributed by atoms with E-state index in [1.165, 1.54) is 18.9 Å². The van der Waals surface area contributed by atoms with Crippen molar-refractivity contribution in [3.8, 4) is 0 Å². The average molecular weight is 484 g/mol. The average Bonchev–Trinajstić information content (AvgIpc) is 3.25. The third kappa shape index (κ3) is 4.75. The highest BCUT2D eigenvalue weighted by Gasteiger charge is 2.41. The number of ether oxygens (including phenoxy) is 2. The number of thioether (sulfide) groups is 1. The van der Waals surface area contributed by atoms with E-state index in [4.69, 9.17) is 9.47 Å². The van der Waals surface area contributed by atoms with E-state index in [-0.39, 0.29) is 24.2 Å². The van der Waals surface area contributed by atoms with Crippen molar-refractivity contribution in [1.82, 2.24) is 9.80 Å². The van der Waals surface area contributed by atoms with E-state index in [2.05, 4.69) is 4.99 Å². The van der Waals surface area contributed by atoms with Crippen molar-refractivity contribution >= 4 is 34.8 Å². The molecule has 0 saturated carbocycles. The van der Waals surface area contributed by atoms with Crippen LogP contribution in [-0.2, 0) is 23.9 Å². The molecule has 8 nitrogen and oxygen atoms in total. The van der Waals surface area contributed by atoms with Gasteiger partial charge in [-0.25, -0.2) is 9.79 Å². The number of hydrogen-bond donors (Lipinski definition) is 0. The van der Waals surface area contributed by atoms with Gasteiger partial charge in [-0.05, 0) is 37.7 Å². The molecule has 0 aromatic heterocycles. The first kappa shape index (κ1) is 24.1. The molecular weight excluding hydrogens is 454 g/mol. The Labute approximate surface area is 203 Å². The number of piperidine rings is 1. The van der Waals surface area contributed by atoms with Gasteiger partial charge in [0, 0.05) is 18.8 Å². The first-order chi connectivity index (χ1) is 16.4. The summed E-state index contributed by atoms with van der Waals surface area (Å²) in [4.78, 5) is 46.4. The maximum Gasteiger partial charge on any atom is 0.338 e. The highest BCUT2D eigenvalue weighted by molar-refractivity contribution is 8.16. The zero-order valence-electron chi connectivity index (χ0n) is 19.7. The SMILES string of the molecule is CCOC(=O)C1CCN(C(=O)CC2=CSC3=NC(C)=C(C(=O)OC)C(c4ccccc4)N23)CC1. The van der Waals surface area contributed by atoms with Gasteiger partial charge in [0.15, 0.2) is 5.17 Å². The van der Waals surface area contributed by atoms with E-state index < -0.39 is 12.0 Å². The van der Waals surface area contributed by atoms with Crippen LogP contribution < -0.4 is 0 Å². The number of fused-ring (bicyclic) bond motifs is 1. The van der Waals surface area contributed by atoms with Crippen molar-refractivity contribution in [2.75, 3.05) is 26.8 Å². The number of rotatable bonds is 6. The lowest BCUT2D eigenvalue weighted by Crippen LogP contribution is -2.42. The molecule has 0 bridgehead atoms. The lowest BCUT2D eigenvalue weighted by Gasteiger charge is -2.37. The lowest BCUT2D eigenvalue weighted by molar-refractivity contribution is -0.151. The molecule has 1 atom stereocenters. The standard InChI is InChI=1S/C25H29N3O5S/c1-4-33-23(30)18-10-12-27(13-11-18)20(29)14-19-15-34-25-26-16(2)21(24(31)32-3)22(28(19)25)17-8-6-5-7-9-17/h5-9,15,18,22H,4,10-14H2,1-3H3. The Kier molecular flexibility index (Phi) is 7.41. The number of hydrogen-bond acceptors (Lipinski definition) is 8. The molecule has 1 fully saturated rings. The van der Waals surface area contributed by atoms with E-state index >= 15 is 0 Å². The topological polar surface area (TPSA) is 88.5 Å². The van der Waals surface area contributed by atoms with Crippen LogP contribution in [-0.4, -0.2) is 59.6 Å². The first-order valence-electron chi connectivity index (χ1n) is 11.5. The van der Waals surface area contributed by atoms with Crippen LogP contribution in [0.3, 0.4) is 0 Å². The number of carbonyl (C=O) groups excluding carboxylic acids is 3. The minimum Gasteiger partial charge on any atom is -0.466 e. The molecule has 4 rings (SSSR count). The van der Waals surface area contributed by atoms with Crippen LogP contribution in [0.5, 0.6) is 0 Å². The summed E-state index contributed by atoms with van der Waals surface area (Å²) < 4.78 is 10.2. The van der Waals surface area contributed by atoms with E-state index in [0.29, 0.717) is 43.8 Å². The van der Waals surface area contributed by atoms with E-state index in [0.717, 1.165) is 16.4 Å². The van der Waals surface area contributed by atoms with Gasteiger partial charge >= 0.3 is 11.9 Å². The van der Waals surface area contributed by atoms with Crippen molar-refractivity contribution in [3.63, 3.8) is 0 Å². The Bertz CT molecular complexity index is 1060. The molecule has 1 aromatic carbocycles. The summed E-state index contributed by atoms with van der Waals surface area (Å²) in [6.07, 6.45) is 1.40. The second-order valence-electron chi connectivity index (χ2n) is 8.38. The minimum atomic E-state index is -0.433. The van der Waals surface area contributed by atoms with Gasteiger partial charge in [0.25, 0.3) is 0 Å². The number of amidine groups is 1. The predicted molar refractivity (Wildman–Crippen MR) is 129 cm³/mol. The number of nitrogens with zero attached hydrogens (tertiary/aromatic N) is 3. The first-order valence-corrected chi connectivity index (χ1v) is 12.3. The third-order valence-corrected chi connectivity index (χ3v) is 7.21. The van der Waals surface area contributed by atoms with E-state index in [9.17, 15) is 14.4 Å². The monoisotopic (exact) mass is 483 g/mol. The van der Waals surface area contributed by atoms with Gasteiger partial charge in [0.1, 0.15) is 0 Å². The number of allylic oxidation sites excluding steroid dienone is 1. The van der Waals surface area contributed by atoms with Crippen molar-refractivity contribution < 1.29 is 23.9 Å². The van der Waals surface area contributed by atoms with Gasteiger partial charge in [-0.3, -0.25) is 9.59 Å². The van der Waals surface area contributed by atoms with Gasteiger partial charge in [-0.2, -0.15) is 0 Å². The fourth-order valence-corrected chi connectivity index (χ4v) is 5.55. The molecule has 180 valence electrons. The van der Waals surface area contributed by atoms with Crippen LogP contribution >= 0.6 is 11.8 Å².